The van der Waals surface area contributed by atoms with Crippen LogP contribution in [0.4, 0.5) is 5.69 Å². The second-order valence-corrected chi connectivity index (χ2v) is 31.7. The van der Waals surface area contributed by atoms with Crippen LogP contribution in [0, 0.1) is 12.3 Å². The Morgan fingerprint density at radius 3 is 1.24 bits per heavy atom. The Morgan fingerprint density at radius 1 is 0.416 bits per heavy atom. The number of anilines is 1. The van der Waals surface area contributed by atoms with Gasteiger partial charge in [-0.1, -0.05) is 79.4 Å². The number of nitrogens with two attached hydrogens (primary N) is 4. The summed E-state index contributed by atoms with van der Waals surface area (Å²) in [5, 5.41) is 64.2. The number of rotatable bonds is 32. The van der Waals surface area contributed by atoms with Crippen LogP contribution < -0.4 is 55.6 Å². The molecule has 0 radical (unpaired) electrons. The zero-order valence-electron chi connectivity index (χ0n) is 71.2. The number of ether oxygens (including phenoxy) is 3. The molecule has 0 unspecified atom stereocenters. The molecule has 0 spiro atoms. The van der Waals surface area contributed by atoms with E-state index in [2.05, 4.69) is 93.0 Å². The summed E-state index contributed by atoms with van der Waals surface area (Å²) in [5.41, 5.74) is 38.3. The van der Waals surface area contributed by atoms with E-state index in [0.29, 0.717) is 182 Å². The van der Waals surface area contributed by atoms with Crippen LogP contribution in [0.25, 0.3) is 109 Å². The number of methoxy groups -OCH3 is 2. The van der Waals surface area contributed by atoms with Gasteiger partial charge in [0.15, 0.2) is 0 Å². The maximum atomic E-state index is 13.3. The molecule has 0 bridgehead atoms. The van der Waals surface area contributed by atoms with Crippen molar-refractivity contribution in [3.05, 3.63) is 228 Å². The summed E-state index contributed by atoms with van der Waals surface area (Å²) in [5.74, 6) is 2.64. The summed E-state index contributed by atoms with van der Waals surface area (Å²) in [6.45, 7) is 13.4. The lowest BCUT2D eigenvalue weighted by atomic mass is 10.1. The molecule has 16 aromatic rings. The minimum Gasteiger partial charge on any atom is -0.396 e. The number of aryl methyl sites for hydroxylation is 8. The SMILES string of the molecule is C#Cc1ccc2c(c1)c1n[nH]c(CC)c1c(=O)n2CCCN.CCc1ccc2c(c1)c1n[nH]c(CCO)c1c(=O)n2CCCO.COCCCc1[nH]nc2c1c(=O)n(CCCN)c1ccc(Cl)cc21.COCCc1[nH]nc2c1c(=O)n(CCCN)c1ccc(N3CCCC3)cc21.NCCCn1c(=O)c2c(CCOCc3ccccc3)[nH]nc2c2cc(Cl)ccc21. The third-order valence-corrected chi connectivity index (χ3v) is 23.2. The molecular formula is C93H110Cl2N20O10. The molecule has 0 saturated carbocycles. The molecule has 0 amide bonds. The van der Waals surface area contributed by atoms with Gasteiger partial charge in [0.25, 0.3) is 27.8 Å². The van der Waals surface area contributed by atoms with E-state index in [-0.39, 0.29) is 41.0 Å². The van der Waals surface area contributed by atoms with Crippen molar-refractivity contribution in [2.45, 2.75) is 143 Å². The maximum absolute atomic E-state index is 13.3. The maximum Gasteiger partial charge on any atom is 0.262 e. The van der Waals surface area contributed by atoms with E-state index in [9.17, 15) is 29.1 Å². The Labute approximate surface area is 730 Å². The Morgan fingerprint density at radius 2 is 0.808 bits per heavy atom. The van der Waals surface area contributed by atoms with E-state index < -0.39 is 0 Å². The number of aromatic nitrogens is 15. The molecular weight excluding hydrogens is 1630 g/mol. The first kappa shape index (κ1) is 91.0. The average Bonchev–Trinajstić information content (AvgIpc) is 1.68. The standard InChI is InChI=1S/C22H23ClN4O2.C20H27N5O2.C17H21ClN4O2.C17H18N4O.C17H21N3O3/c23-16-7-8-19-17(13-16)21-20(22(28)27(19)11-4-10-24)18(25-26-21)9-12-29-14-15-5-2-1-3-6-15;1-27-12-7-16-18-19(23-22-16)15-13-14(24-9-2-3-10-24)5-6-17(15)25(20(18)26)11-4-8-21;1-24-9-2-4-13-15-16(21-20-13)12-10-11(18)5-6-14(12)22(17(15)23)8-3-7-19;1-3-11-6-7-14-12(10-11)16-15(13(4-2)19-20-16)17(22)21(14)9-5-8-18;1-2-11-4-5-14-12(10-11)16-15(13(6-9-22)18-19-16)17(23)20(14)7-3-8-21/h1-3,5-8,13H,4,9-12,14,24H2,(H,25,26);5-6,13H,2-4,7-12,21H2,1H3,(H,22,23);5-6,10H,2-4,7-9,19H2,1H3,(H,20,21);1,6-7,10H,4-5,8-9,18H2,2H3,(H,19,20);4-5,10,21-22H,2-3,6-9H2,1H3,(H,18,19). The number of aliphatic hydroxyl groups is 2. The van der Waals surface area contributed by atoms with Crippen LogP contribution in [-0.2, 0) is 92.1 Å². The fraction of sp³-hybridized carbons (Fsp3) is 0.376. The van der Waals surface area contributed by atoms with Crippen LogP contribution in [-0.4, -0.2) is 171 Å². The zero-order valence-corrected chi connectivity index (χ0v) is 72.7. The fourth-order valence-corrected chi connectivity index (χ4v) is 16.8. The fourth-order valence-electron chi connectivity index (χ4n) is 16.5. The molecule has 0 aliphatic carbocycles. The third kappa shape index (κ3) is 19.9. The van der Waals surface area contributed by atoms with Crippen LogP contribution in [0.2, 0.25) is 10.0 Å². The first-order valence-electron chi connectivity index (χ1n) is 42.8. The largest absolute Gasteiger partial charge is 0.396 e. The molecule has 1 fully saturated rings. The van der Waals surface area contributed by atoms with Gasteiger partial charge in [0.2, 0.25) is 0 Å². The van der Waals surface area contributed by atoms with Crippen molar-refractivity contribution in [2.24, 2.45) is 22.9 Å². The smallest absolute Gasteiger partial charge is 0.262 e. The minimum absolute atomic E-state index is 0.000254. The predicted molar refractivity (Wildman–Crippen MR) is 500 cm³/mol. The molecule has 10 aromatic heterocycles. The van der Waals surface area contributed by atoms with Gasteiger partial charge in [-0.2, -0.15) is 25.5 Å². The summed E-state index contributed by atoms with van der Waals surface area (Å²) in [6.07, 6.45) is 16.2. The number of aromatic amines is 5. The van der Waals surface area contributed by atoms with Crippen LogP contribution in [0.3, 0.4) is 0 Å². The van der Waals surface area contributed by atoms with Gasteiger partial charge in [0.05, 0.1) is 91.4 Å². The second kappa shape index (κ2) is 43.3. The van der Waals surface area contributed by atoms with Gasteiger partial charge in [-0.05, 0) is 193 Å². The molecule has 15 N–H and O–H groups in total. The summed E-state index contributed by atoms with van der Waals surface area (Å²) < 4.78 is 24.9. The summed E-state index contributed by atoms with van der Waals surface area (Å²) in [6, 6.07) is 39.1. The zero-order chi connectivity index (χ0) is 88.2. The van der Waals surface area contributed by atoms with Gasteiger partial charge in [0.1, 0.15) is 27.6 Å². The van der Waals surface area contributed by atoms with Gasteiger partial charge < -0.3 is 75.1 Å². The van der Waals surface area contributed by atoms with E-state index in [4.69, 9.17) is 71.9 Å². The predicted octanol–water partition coefficient (Wildman–Crippen LogP) is 11.2. The van der Waals surface area contributed by atoms with Crippen LogP contribution >= 0.6 is 23.2 Å². The van der Waals surface area contributed by atoms with Crippen molar-refractivity contribution >= 4 is 138 Å². The van der Waals surface area contributed by atoms with Crippen molar-refractivity contribution in [2.75, 3.05) is 91.4 Å². The van der Waals surface area contributed by atoms with E-state index in [1.165, 1.54) is 24.1 Å². The molecule has 1 aliphatic heterocycles. The first-order chi connectivity index (χ1) is 61.0. The number of hydrogen-bond acceptors (Lipinski definition) is 20. The van der Waals surface area contributed by atoms with Crippen molar-refractivity contribution in [3.8, 4) is 12.3 Å². The molecule has 656 valence electrons. The highest BCUT2D eigenvalue weighted by molar-refractivity contribution is 6.32. The van der Waals surface area contributed by atoms with Crippen molar-refractivity contribution in [3.63, 3.8) is 0 Å². The number of halogens is 2. The van der Waals surface area contributed by atoms with E-state index in [0.717, 1.165) is 152 Å². The number of nitrogens with one attached hydrogen (secondary N) is 5. The third-order valence-electron chi connectivity index (χ3n) is 22.8. The Kier molecular flexibility index (Phi) is 31.5. The number of pyridine rings is 5. The number of fused-ring (bicyclic) bond motifs is 15. The van der Waals surface area contributed by atoms with Gasteiger partial charge in [-0.25, -0.2) is 0 Å². The second-order valence-electron chi connectivity index (χ2n) is 30.8. The number of terminal acetylenes is 1. The highest BCUT2D eigenvalue weighted by Gasteiger charge is 2.25. The molecule has 125 heavy (non-hydrogen) atoms. The molecule has 11 heterocycles. The van der Waals surface area contributed by atoms with Crippen molar-refractivity contribution < 1.29 is 24.4 Å². The molecule has 32 heteroatoms. The van der Waals surface area contributed by atoms with Gasteiger partial charge in [0, 0.05) is 159 Å². The van der Waals surface area contributed by atoms with Crippen molar-refractivity contribution in [1.29, 1.82) is 0 Å². The topological polar surface area (TPSA) is 429 Å². The number of hydrogen-bond donors (Lipinski definition) is 11. The highest BCUT2D eigenvalue weighted by atomic mass is 35.5. The molecule has 17 rings (SSSR count). The van der Waals surface area contributed by atoms with E-state index in [1.54, 1.807) is 44.6 Å². The van der Waals surface area contributed by atoms with Crippen molar-refractivity contribution in [1.82, 2.24) is 73.8 Å². The lowest BCUT2D eigenvalue weighted by molar-refractivity contribution is 0.123. The monoisotopic (exact) mass is 1740 g/mol. The summed E-state index contributed by atoms with van der Waals surface area (Å²) in [7, 11) is 3.33. The van der Waals surface area contributed by atoms with E-state index in [1.807, 2.05) is 96.4 Å². The molecule has 30 nitrogen and oxygen atoms in total. The lowest BCUT2D eigenvalue weighted by Gasteiger charge is -2.19. The normalized spacial score (nSPS) is 12.2. The van der Waals surface area contributed by atoms with Gasteiger partial charge >= 0.3 is 0 Å². The first-order valence-corrected chi connectivity index (χ1v) is 43.6. The molecule has 1 saturated heterocycles. The van der Waals surface area contributed by atoms with E-state index >= 15 is 0 Å². The Bertz CT molecular complexity index is 6830. The molecule has 6 aromatic carbocycles. The molecule has 0 atom stereocenters. The van der Waals surface area contributed by atoms with Crippen LogP contribution in [0.15, 0.2) is 145 Å². The Balaban J connectivity index is 0.000000135. The highest BCUT2D eigenvalue weighted by Crippen LogP contribution is 2.34. The number of nitrogens with zero attached hydrogens (tertiary/aromatic N) is 11. The quantitative estimate of drug-likeness (QED) is 0.0138. The minimum atomic E-state index is -0.123. The number of aliphatic hydroxyl groups excluding tert-OH is 2. The van der Waals surface area contributed by atoms with Crippen LogP contribution in [0.1, 0.15) is 110 Å². The van der Waals surface area contributed by atoms with Crippen LogP contribution in [0.5, 0.6) is 0 Å². The molecule has 1 aliphatic rings. The number of benzene rings is 6. The van der Waals surface area contributed by atoms with Gasteiger partial charge in [-0.3, -0.25) is 49.5 Å². The summed E-state index contributed by atoms with van der Waals surface area (Å²) >= 11 is 12.4. The number of H-pyrrole nitrogens is 5. The average molecular weight is 1740 g/mol. The summed E-state index contributed by atoms with van der Waals surface area (Å²) in [4.78, 5) is 67.7. The van der Waals surface area contributed by atoms with Gasteiger partial charge in [-0.15, -0.1) is 6.42 Å². The lowest BCUT2D eigenvalue weighted by Crippen LogP contribution is -2.23. The Hall–Kier alpha value is -11.7.